The first kappa shape index (κ1) is 20.5. The molecule has 7 nitrogen and oxygen atoms in total. The minimum atomic E-state index is -0.336. The Kier molecular flexibility index (Phi) is 5.28. The van der Waals surface area contributed by atoms with Crippen molar-refractivity contribution in [2.24, 2.45) is 11.8 Å². The third-order valence-corrected chi connectivity index (χ3v) is 6.34. The van der Waals surface area contributed by atoms with Crippen LogP contribution < -0.4 is 10.4 Å². The van der Waals surface area contributed by atoms with Crippen LogP contribution in [0, 0.1) is 17.7 Å². The molecule has 0 bridgehead atoms. The largest absolute Gasteiger partial charge is 0.495 e. The molecule has 1 aliphatic heterocycles. The van der Waals surface area contributed by atoms with Crippen LogP contribution in [0.1, 0.15) is 25.1 Å². The van der Waals surface area contributed by atoms with Gasteiger partial charge in [-0.2, -0.15) is 5.10 Å². The normalized spacial score (nSPS) is 18.2. The monoisotopic (exact) mass is 436 g/mol. The molecule has 1 aliphatic carbocycles. The molecule has 1 unspecified atom stereocenters. The number of hydrogen-bond acceptors (Lipinski definition) is 4. The molecule has 1 N–H and O–H groups in total. The number of aromatic amines is 1. The van der Waals surface area contributed by atoms with Crippen molar-refractivity contribution >= 4 is 5.91 Å². The number of benzene rings is 2. The summed E-state index contributed by atoms with van der Waals surface area (Å²) in [6.45, 7) is 1.47. The number of likely N-dealkylation sites (tertiary alicyclic amines) is 1. The van der Waals surface area contributed by atoms with Crippen molar-refractivity contribution in [1.29, 1.82) is 0 Å². The Labute approximate surface area is 184 Å². The fourth-order valence-electron chi connectivity index (χ4n) is 4.45. The van der Waals surface area contributed by atoms with Crippen LogP contribution in [-0.4, -0.2) is 45.8 Å². The second-order valence-corrected chi connectivity index (χ2v) is 8.59. The number of carbonyl (C=O) groups is 1. The minimum absolute atomic E-state index is 0.223. The summed E-state index contributed by atoms with van der Waals surface area (Å²) >= 11 is 0. The number of amides is 1. The summed E-state index contributed by atoms with van der Waals surface area (Å²) in [7, 11) is 1.55. The first-order valence-corrected chi connectivity index (χ1v) is 10.9. The van der Waals surface area contributed by atoms with E-state index in [2.05, 4.69) is 10.2 Å². The van der Waals surface area contributed by atoms with Gasteiger partial charge in [0.15, 0.2) is 0 Å². The van der Waals surface area contributed by atoms with Gasteiger partial charge in [-0.1, -0.05) is 18.2 Å². The van der Waals surface area contributed by atoms with Gasteiger partial charge in [-0.05, 0) is 60.6 Å². The van der Waals surface area contributed by atoms with E-state index in [-0.39, 0.29) is 29.2 Å². The lowest BCUT2D eigenvalue weighted by atomic mass is 10.0. The molecule has 32 heavy (non-hydrogen) atoms. The standard InChI is InChI=1S/C24H25FN4O3/c1-32-21-13-18(16-4-7-19(25)8-5-16)6-9-20(21)29-22(26-27-24(29)31)12-15-10-11-28(14-15)23(30)17-2-3-17/h4-9,13,15,17H,2-3,10-12,14H2,1H3,(H,27,31). The highest BCUT2D eigenvalue weighted by Gasteiger charge is 2.37. The van der Waals surface area contributed by atoms with Crippen molar-refractivity contribution in [3.63, 3.8) is 0 Å². The van der Waals surface area contributed by atoms with Gasteiger partial charge in [-0.25, -0.2) is 18.9 Å². The summed E-state index contributed by atoms with van der Waals surface area (Å²) in [4.78, 5) is 26.9. The molecule has 5 rings (SSSR count). The molecule has 0 radical (unpaired) electrons. The molecule has 1 aromatic heterocycles. The van der Waals surface area contributed by atoms with E-state index < -0.39 is 0 Å². The first-order chi connectivity index (χ1) is 15.5. The summed E-state index contributed by atoms with van der Waals surface area (Å²) in [6.07, 6.45) is 3.51. The van der Waals surface area contributed by atoms with Crippen LogP contribution in [0.5, 0.6) is 5.75 Å². The summed E-state index contributed by atoms with van der Waals surface area (Å²) < 4.78 is 20.4. The molecule has 166 valence electrons. The van der Waals surface area contributed by atoms with Gasteiger partial charge in [0.25, 0.3) is 0 Å². The summed E-state index contributed by atoms with van der Waals surface area (Å²) in [5, 5.41) is 6.82. The summed E-state index contributed by atoms with van der Waals surface area (Å²) in [5.41, 5.74) is 1.96. The third-order valence-electron chi connectivity index (χ3n) is 6.34. The highest BCUT2D eigenvalue weighted by molar-refractivity contribution is 5.81. The van der Waals surface area contributed by atoms with E-state index in [1.165, 1.54) is 12.1 Å². The molecule has 2 heterocycles. The van der Waals surface area contributed by atoms with Gasteiger partial charge in [0.1, 0.15) is 17.4 Å². The van der Waals surface area contributed by atoms with Gasteiger partial charge >= 0.3 is 5.69 Å². The maximum Gasteiger partial charge on any atom is 0.348 e. The fourth-order valence-corrected chi connectivity index (χ4v) is 4.45. The second kappa shape index (κ2) is 8.26. The van der Waals surface area contributed by atoms with Gasteiger partial charge < -0.3 is 9.64 Å². The number of aromatic nitrogens is 3. The number of nitrogens with zero attached hydrogens (tertiary/aromatic N) is 3. The lowest BCUT2D eigenvalue weighted by Gasteiger charge is -2.16. The molecule has 2 aliphatic rings. The molecular weight excluding hydrogens is 411 g/mol. The van der Waals surface area contributed by atoms with Crippen molar-refractivity contribution in [3.05, 3.63) is 64.6 Å². The van der Waals surface area contributed by atoms with Gasteiger partial charge in [-0.15, -0.1) is 0 Å². The number of rotatable bonds is 6. The molecule has 0 spiro atoms. The van der Waals surface area contributed by atoms with Crippen molar-refractivity contribution in [2.45, 2.75) is 25.7 Å². The predicted molar refractivity (Wildman–Crippen MR) is 117 cm³/mol. The zero-order valence-electron chi connectivity index (χ0n) is 17.9. The average Bonchev–Trinajstić information content (AvgIpc) is 3.45. The van der Waals surface area contributed by atoms with Crippen molar-refractivity contribution in [2.75, 3.05) is 20.2 Å². The Hall–Kier alpha value is -3.42. The number of halogens is 1. The molecule has 8 heteroatoms. The van der Waals surface area contributed by atoms with Crippen molar-refractivity contribution < 1.29 is 13.9 Å². The summed E-state index contributed by atoms with van der Waals surface area (Å²) in [6, 6.07) is 11.7. The predicted octanol–water partition coefficient (Wildman–Crippen LogP) is 3.18. The number of methoxy groups -OCH3 is 1. The van der Waals surface area contributed by atoms with E-state index >= 15 is 0 Å². The van der Waals surface area contributed by atoms with Crippen molar-refractivity contribution in [1.82, 2.24) is 19.7 Å². The molecule has 1 amide bonds. The first-order valence-electron chi connectivity index (χ1n) is 10.9. The quantitative estimate of drug-likeness (QED) is 0.644. The Morgan fingerprint density at radius 1 is 1.16 bits per heavy atom. The van der Waals surface area contributed by atoms with Gasteiger partial charge in [0.2, 0.25) is 5.91 Å². The second-order valence-electron chi connectivity index (χ2n) is 8.59. The van der Waals surface area contributed by atoms with Crippen LogP contribution >= 0.6 is 0 Å². The zero-order valence-corrected chi connectivity index (χ0v) is 17.9. The van der Waals surface area contributed by atoms with Gasteiger partial charge in [0.05, 0.1) is 12.8 Å². The van der Waals surface area contributed by atoms with Gasteiger partial charge in [-0.3, -0.25) is 4.79 Å². The summed E-state index contributed by atoms with van der Waals surface area (Å²) in [5.74, 6) is 1.60. The molecule has 2 fully saturated rings. The Balaban J connectivity index is 1.40. The van der Waals surface area contributed by atoms with Crippen LogP contribution in [0.15, 0.2) is 47.3 Å². The van der Waals surface area contributed by atoms with E-state index in [0.29, 0.717) is 30.2 Å². The van der Waals surface area contributed by atoms with E-state index in [1.807, 2.05) is 23.1 Å². The fraction of sp³-hybridized carbons (Fsp3) is 0.375. The number of carbonyl (C=O) groups excluding carboxylic acids is 1. The molecule has 1 atom stereocenters. The Morgan fingerprint density at radius 3 is 2.62 bits per heavy atom. The van der Waals surface area contributed by atoms with E-state index in [9.17, 15) is 14.0 Å². The smallest absolute Gasteiger partial charge is 0.348 e. The van der Waals surface area contributed by atoms with Crippen LogP contribution in [-0.2, 0) is 11.2 Å². The molecule has 1 saturated heterocycles. The van der Waals surface area contributed by atoms with Gasteiger partial charge in [0, 0.05) is 25.4 Å². The van der Waals surface area contributed by atoms with E-state index in [0.717, 1.165) is 36.9 Å². The maximum atomic E-state index is 13.3. The third kappa shape index (κ3) is 3.92. The SMILES string of the molecule is COc1cc(-c2ccc(F)cc2)ccc1-n1c(CC2CCN(C(=O)C3CC3)C2)n[nH]c1=O. The molecule has 2 aromatic carbocycles. The Morgan fingerprint density at radius 2 is 1.91 bits per heavy atom. The van der Waals surface area contributed by atoms with Crippen LogP contribution in [0.4, 0.5) is 4.39 Å². The lowest BCUT2D eigenvalue weighted by molar-refractivity contribution is -0.131. The van der Waals surface area contributed by atoms with Crippen LogP contribution in [0.25, 0.3) is 16.8 Å². The molecule has 3 aromatic rings. The number of hydrogen-bond donors (Lipinski definition) is 1. The molecule has 1 saturated carbocycles. The van der Waals surface area contributed by atoms with Crippen LogP contribution in [0.2, 0.25) is 0 Å². The molecular formula is C24H25FN4O3. The number of ether oxygens (including phenoxy) is 1. The number of nitrogens with one attached hydrogen (secondary N) is 1. The van der Waals surface area contributed by atoms with Crippen LogP contribution in [0.3, 0.4) is 0 Å². The maximum absolute atomic E-state index is 13.3. The highest BCUT2D eigenvalue weighted by atomic mass is 19.1. The van der Waals surface area contributed by atoms with E-state index in [4.69, 9.17) is 4.74 Å². The lowest BCUT2D eigenvalue weighted by Crippen LogP contribution is -2.30. The highest BCUT2D eigenvalue weighted by Crippen LogP contribution is 2.34. The van der Waals surface area contributed by atoms with Crippen molar-refractivity contribution in [3.8, 4) is 22.6 Å². The number of H-pyrrole nitrogens is 1. The average molecular weight is 436 g/mol. The zero-order chi connectivity index (χ0) is 22.2. The minimum Gasteiger partial charge on any atom is -0.495 e. The Bertz CT molecular complexity index is 1200. The topological polar surface area (TPSA) is 80.2 Å². The van der Waals surface area contributed by atoms with E-state index in [1.54, 1.807) is 23.8 Å².